The number of piperazine rings is 1. The molecule has 6 rings (SSSR count). The van der Waals surface area contributed by atoms with Gasteiger partial charge in [-0.3, -0.25) is 35.8 Å². The molecular weight excluding hydrogens is 580 g/mol. The Morgan fingerprint density at radius 1 is 1.04 bits per heavy atom. The third kappa shape index (κ3) is 9.12. The number of carbonyl (C=O) groups excluding carboxylic acids is 2. The smallest absolute Gasteiger partial charge is 0.237 e. The van der Waals surface area contributed by atoms with Gasteiger partial charge in [-0.05, 0) is 44.1 Å². The fourth-order valence-electron chi connectivity index (χ4n) is 7.86. The molecule has 8 atom stereocenters. The lowest BCUT2D eigenvalue weighted by molar-refractivity contribution is -0.133. The number of carbonyl (C=O) groups is 2. The van der Waals surface area contributed by atoms with E-state index in [4.69, 9.17) is 14.2 Å². The molecule has 14 nitrogen and oxygen atoms in total. The number of nitrogens with zero attached hydrogens (tertiary/aromatic N) is 3. The van der Waals surface area contributed by atoms with E-state index in [1.54, 1.807) is 0 Å². The Balaban J connectivity index is 0.927. The van der Waals surface area contributed by atoms with E-state index in [1.165, 1.54) is 0 Å². The molecule has 5 aliphatic heterocycles. The highest BCUT2D eigenvalue weighted by atomic mass is 16.5. The van der Waals surface area contributed by atoms with Crippen molar-refractivity contribution in [3.63, 3.8) is 0 Å². The lowest BCUT2D eigenvalue weighted by Crippen LogP contribution is -2.73. The van der Waals surface area contributed by atoms with Crippen LogP contribution in [-0.4, -0.2) is 160 Å². The van der Waals surface area contributed by atoms with E-state index in [2.05, 4.69) is 36.4 Å². The van der Waals surface area contributed by atoms with Crippen LogP contribution in [0.4, 0.5) is 0 Å². The number of hydrogen-bond acceptors (Lipinski definition) is 12. The molecule has 5 heterocycles. The molecule has 1 aliphatic carbocycles. The Labute approximate surface area is 267 Å². The summed E-state index contributed by atoms with van der Waals surface area (Å²) in [6.45, 7) is 11.1. The van der Waals surface area contributed by atoms with Crippen LogP contribution < -0.4 is 26.6 Å². The Morgan fingerprint density at radius 2 is 1.89 bits per heavy atom. The van der Waals surface area contributed by atoms with Gasteiger partial charge >= 0.3 is 0 Å². The van der Waals surface area contributed by atoms with Crippen LogP contribution in [0.3, 0.4) is 0 Å². The molecule has 0 spiro atoms. The standard InChI is InChI=1S/C31H56N8O6/c1-2-29(41)38-7-9-39(10-8-38)31-35-27(12-28(36-31)34-23-17-43-18-23)30(42)33-13-24(40)16-37-6-5-21-11-25(4-3-22(21)15-37)44-19-26-14-32-20-45-26/h21-28,31-32,34-36,40H,2-20H2,1H3,(H,33,42)/t21?,22?,24-,25?,26?,27?,28?,31?/m0/s1. The lowest BCUT2D eigenvalue weighted by atomic mass is 9.74. The second kappa shape index (κ2) is 16.1. The number of ether oxygens (including phenoxy) is 3. The highest BCUT2D eigenvalue weighted by Gasteiger charge is 2.38. The predicted molar refractivity (Wildman–Crippen MR) is 167 cm³/mol. The normalized spacial score (nSPS) is 35.9. The molecule has 14 heteroatoms. The maximum atomic E-state index is 13.4. The van der Waals surface area contributed by atoms with Gasteiger partial charge in [0.2, 0.25) is 11.8 Å². The minimum atomic E-state index is -0.618. The van der Waals surface area contributed by atoms with Crippen molar-refractivity contribution in [1.82, 2.24) is 41.3 Å². The van der Waals surface area contributed by atoms with Crippen molar-refractivity contribution in [2.24, 2.45) is 11.8 Å². The monoisotopic (exact) mass is 636 g/mol. The first-order valence-electron chi connectivity index (χ1n) is 17.4. The number of piperidine rings is 1. The Bertz CT molecular complexity index is 962. The van der Waals surface area contributed by atoms with Gasteiger partial charge < -0.3 is 34.4 Å². The van der Waals surface area contributed by atoms with E-state index < -0.39 is 12.1 Å². The molecule has 5 saturated heterocycles. The summed E-state index contributed by atoms with van der Waals surface area (Å²) in [5.41, 5.74) is 0. The first kappa shape index (κ1) is 33.4. The topological polar surface area (TPSA) is 152 Å². The lowest BCUT2D eigenvalue weighted by Gasteiger charge is -2.46. The van der Waals surface area contributed by atoms with Gasteiger partial charge in [-0.2, -0.15) is 0 Å². The summed E-state index contributed by atoms with van der Waals surface area (Å²) in [7, 11) is 0. The number of aliphatic hydroxyl groups is 1. The molecule has 0 aromatic rings. The molecule has 0 aromatic carbocycles. The summed E-state index contributed by atoms with van der Waals surface area (Å²) in [5.74, 6) is 1.42. The van der Waals surface area contributed by atoms with Crippen molar-refractivity contribution < 1.29 is 28.9 Å². The second-order valence-electron chi connectivity index (χ2n) is 13.9. The zero-order valence-electron chi connectivity index (χ0n) is 27.0. The van der Waals surface area contributed by atoms with Crippen molar-refractivity contribution in [1.29, 1.82) is 0 Å². The summed E-state index contributed by atoms with van der Waals surface area (Å²) < 4.78 is 17.2. The summed E-state index contributed by atoms with van der Waals surface area (Å²) >= 11 is 0. The van der Waals surface area contributed by atoms with E-state index in [-0.39, 0.29) is 43.0 Å². The minimum absolute atomic E-state index is 0.0454. The largest absolute Gasteiger partial charge is 0.390 e. The maximum absolute atomic E-state index is 13.4. The van der Waals surface area contributed by atoms with Crippen LogP contribution in [0, 0.1) is 11.8 Å². The first-order chi connectivity index (χ1) is 21.9. The number of amides is 2. The van der Waals surface area contributed by atoms with Gasteiger partial charge in [0.25, 0.3) is 0 Å². The van der Waals surface area contributed by atoms with Gasteiger partial charge in [0.05, 0.1) is 63.1 Å². The van der Waals surface area contributed by atoms with Gasteiger partial charge in [-0.15, -0.1) is 0 Å². The third-order valence-corrected chi connectivity index (χ3v) is 10.6. The molecule has 45 heavy (non-hydrogen) atoms. The van der Waals surface area contributed by atoms with E-state index in [1.807, 2.05) is 11.8 Å². The number of nitrogens with one attached hydrogen (secondary N) is 5. The molecule has 256 valence electrons. The Morgan fingerprint density at radius 3 is 2.62 bits per heavy atom. The number of likely N-dealkylation sites (tertiary alicyclic amines) is 1. The molecule has 6 aliphatic rings. The zero-order chi connectivity index (χ0) is 31.2. The number of β-amino-alcohol motifs (C(OH)–C–C–N with tert-alkyl or cyclic N) is 1. The summed E-state index contributed by atoms with van der Waals surface area (Å²) in [6, 6.07) is -0.122. The predicted octanol–water partition coefficient (Wildman–Crippen LogP) is -1.98. The number of fused-ring (bicyclic) bond motifs is 1. The summed E-state index contributed by atoms with van der Waals surface area (Å²) in [4.78, 5) is 32.1. The summed E-state index contributed by atoms with van der Waals surface area (Å²) in [5, 5.41) is 27.9. The van der Waals surface area contributed by atoms with Crippen LogP contribution in [0.25, 0.3) is 0 Å². The van der Waals surface area contributed by atoms with Gasteiger partial charge in [0.1, 0.15) is 6.29 Å². The van der Waals surface area contributed by atoms with Gasteiger partial charge in [0, 0.05) is 65.2 Å². The highest BCUT2D eigenvalue weighted by Crippen LogP contribution is 2.37. The van der Waals surface area contributed by atoms with Crippen molar-refractivity contribution in [2.75, 3.05) is 85.5 Å². The second-order valence-corrected chi connectivity index (χ2v) is 13.9. The molecule has 2 amide bonds. The number of hydrogen-bond donors (Lipinski definition) is 6. The van der Waals surface area contributed by atoms with Gasteiger partial charge in [-0.1, -0.05) is 6.92 Å². The third-order valence-electron chi connectivity index (χ3n) is 10.6. The van der Waals surface area contributed by atoms with Crippen LogP contribution in [-0.2, 0) is 23.8 Å². The van der Waals surface area contributed by atoms with E-state index in [9.17, 15) is 14.7 Å². The maximum Gasteiger partial charge on any atom is 0.237 e. The van der Waals surface area contributed by atoms with Gasteiger partial charge in [0.15, 0.2) is 0 Å². The fraction of sp³-hybridized carbons (Fsp3) is 0.935. The molecule has 1 saturated carbocycles. The molecule has 6 fully saturated rings. The van der Waals surface area contributed by atoms with Crippen LogP contribution in [0.5, 0.6) is 0 Å². The average Bonchev–Trinajstić information content (AvgIpc) is 3.58. The first-order valence-corrected chi connectivity index (χ1v) is 17.4. The van der Waals surface area contributed by atoms with Crippen LogP contribution in [0.15, 0.2) is 0 Å². The quantitative estimate of drug-likeness (QED) is 0.141. The van der Waals surface area contributed by atoms with Crippen molar-refractivity contribution in [2.45, 2.75) is 88.3 Å². The number of rotatable bonds is 12. The SMILES string of the molecule is CCC(=O)N1CCN(C2NC(NC3COC3)CC(C(=O)NC[C@H](O)CN3CCC4CC(OCC5CNCO5)CCC4C3)N2)CC1. The average molecular weight is 637 g/mol. The fourth-order valence-corrected chi connectivity index (χ4v) is 7.86. The van der Waals surface area contributed by atoms with E-state index in [0.717, 1.165) is 58.4 Å². The summed E-state index contributed by atoms with van der Waals surface area (Å²) in [6.07, 6.45) is 5.28. The van der Waals surface area contributed by atoms with Crippen molar-refractivity contribution >= 4 is 11.8 Å². The van der Waals surface area contributed by atoms with Crippen molar-refractivity contribution in [3.8, 4) is 0 Å². The van der Waals surface area contributed by atoms with Gasteiger partial charge in [-0.25, -0.2) is 0 Å². The molecular formula is C31H56N8O6. The Hall–Kier alpha value is -1.46. The van der Waals surface area contributed by atoms with Crippen LogP contribution in [0.1, 0.15) is 45.4 Å². The zero-order valence-corrected chi connectivity index (χ0v) is 27.0. The molecule has 0 radical (unpaired) electrons. The van der Waals surface area contributed by atoms with E-state index >= 15 is 0 Å². The van der Waals surface area contributed by atoms with Crippen LogP contribution in [0.2, 0.25) is 0 Å². The molecule has 6 N–H and O–H groups in total. The Kier molecular flexibility index (Phi) is 12.0. The minimum Gasteiger partial charge on any atom is -0.390 e. The van der Waals surface area contributed by atoms with E-state index in [0.29, 0.717) is 77.0 Å². The molecule has 0 aromatic heterocycles. The van der Waals surface area contributed by atoms with Crippen molar-refractivity contribution in [3.05, 3.63) is 0 Å². The highest BCUT2D eigenvalue weighted by molar-refractivity contribution is 5.82. The molecule has 7 unspecified atom stereocenters. The molecule has 0 bridgehead atoms. The van der Waals surface area contributed by atoms with Crippen LogP contribution >= 0.6 is 0 Å². The number of aliphatic hydroxyl groups excluding tert-OH is 1.